The third-order valence-corrected chi connectivity index (χ3v) is 2.68. The predicted octanol–water partition coefficient (Wildman–Crippen LogP) is 1.64. The topological polar surface area (TPSA) is 93.4 Å². The molecule has 0 bridgehead atoms. The molecule has 1 atom stereocenters. The van der Waals surface area contributed by atoms with Gasteiger partial charge in [0.05, 0.1) is 0 Å². The van der Waals surface area contributed by atoms with E-state index in [0.29, 0.717) is 32.0 Å². The summed E-state index contributed by atoms with van der Waals surface area (Å²) < 4.78 is 5.20. The molecule has 0 aromatic rings. The van der Waals surface area contributed by atoms with E-state index < -0.39 is 11.7 Å². The molecule has 0 radical (unpaired) electrons. The summed E-state index contributed by atoms with van der Waals surface area (Å²) >= 11 is 0. The molecule has 0 aliphatic heterocycles. The van der Waals surface area contributed by atoms with Crippen molar-refractivity contribution in [3.05, 3.63) is 0 Å². The molecule has 0 aliphatic rings. The Balaban J connectivity index is 4.29. The zero-order chi connectivity index (χ0) is 16.5. The second kappa shape index (κ2) is 9.60. The van der Waals surface area contributed by atoms with E-state index in [1.165, 1.54) is 0 Å². The highest BCUT2D eigenvalue weighted by atomic mass is 16.6. The molecule has 0 saturated heterocycles. The monoisotopic (exact) mass is 301 g/mol. The van der Waals surface area contributed by atoms with E-state index in [0.717, 1.165) is 6.42 Å². The predicted molar refractivity (Wildman–Crippen MR) is 83.9 cm³/mol. The van der Waals surface area contributed by atoms with Crippen LogP contribution in [0.15, 0.2) is 0 Å². The average molecular weight is 301 g/mol. The lowest BCUT2D eigenvalue weighted by Gasteiger charge is -2.22. The van der Waals surface area contributed by atoms with Crippen LogP contribution in [0.25, 0.3) is 0 Å². The summed E-state index contributed by atoms with van der Waals surface area (Å²) in [5.41, 5.74) is 4.84. The van der Waals surface area contributed by atoms with Gasteiger partial charge in [0.15, 0.2) is 0 Å². The first kappa shape index (κ1) is 19.7. The first-order valence-electron chi connectivity index (χ1n) is 7.57. The minimum absolute atomic E-state index is 0.0305. The number of amides is 2. The largest absolute Gasteiger partial charge is 0.444 e. The summed E-state index contributed by atoms with van der Waals surface area (Å²) in [6.07, 6.45) is 0.804. The number of nitrogens with two attached hydrogens (primary N) is 1. The normalized spacial score (nSPS) is 12.9. The Kier molecular flexibility index (Phi) is 9.01. The molecule has 124 valence electrons. The van der Waals surface area contributed by atoms with Crippen LogP contribution in [0.2, 0.25) is 0 Å². The summed E-state index contributed by atoms with van der Waals surface area (Å²) in [5, 5.41) is 5.49. The Morgan fingerprint density at radius 2 is 1.81 bits per heavy atom. The van der Waals surface area contributed by atoms with Crippen LogP contribution in [-0.4, -0.2) is 37.2 Å². The molecule has 4 N–H and O–H groups in total. The van der Waals surface area contributed by atoms with E-state index in [1.807, 2.05) is 20.8 Å². The second-order valence-corrected chi connectivity index (χ2v) is 6.72. The molecule has 6 heteroatoms. The fraction of sp³-hybridized carbons (Fsp3) is 0.867. The van der Waals surface area contributed by atoms with E-state index >= 15 is 0 Å². The lowest BCUT2D eigenvalue weighted by molar-refractivity contribution is -0.122. The van der Waals surface area contributed by atoms with Crippen LogP contribution < -0.4 is 16.4 Å². The first-order chi connectivity index (χ1) is 9.64. The Labute approximate surface area is 128 Å². The van der Waals surface area contributed by atoms with Crippen molar-refractivity contribution in [1.29, 1.82) is 0 Å². The zero-order valence-electron chi connectivity index (χ0n) is 14.0. The van der Waals surface area contributed by atoms with Crippen LogP contribution in [-0.2, 0) is 9.53 Å². The van der Waals surface area contributed by atoms with Crippen molar-refractivity contribution >= 4 is 12.0 Å². The van der Waals surface area contributed by atoms with Crippen molar-refractivity contribution < 1.29 is 14.3 Å². The van der Waals surface area contributed by atoms with Crippen LogP contribution in [0.1, 0.15) is 47.5 Å². The molecule has 0 heterocycles. The highest BCUT2D eigenvalue weighted by Gasteiger charge is 2.19. The lowest BCUT2D eigenvalue weighted by atomic mass is 9.94. The average Bonchev–Trinajstić information content (AvgIpc) is 2.30. The van der Waals surface area contributed by atoms with E-state index in [2.05, 4.69) is 24.5 Å². The third kappa shape index (κ3) is 12.2. The van der Waals surface area contributed by atoms with Crippen LogP contribution in [0.3, 0.4) is 0 Å². The minimum atomic E-state index is -0.518. The van der Waals surface area contributed by atoms with Crippen molar-refractivity contribution in [2.24, 2.45) is 17.6 Å². The Bertz CT molecular complexity index is 325. The lowest BCUT2D eigenvalue weighted by Crippen LogP contribution is -2.37. The zero-order valence-corrected chi connectivity index (χ0v) is 14.0. The van der Waals surface area contributed by atoms with Gasteiger partial charge >= 0.3 is 6.09 Å². The van der Waals surface area contributed by atoms with Crippen LogP contribution in [0.4, 0.5) is 4.79 Å². The second-order valence-electron chi connectivity index (χ2n) is 6.72. The number of hydrogen-bond donors (Lipinski definition) is 3. The van der Waals surface area contributed by atoms with E-state index in [-0.39, 0.29) is 11.8 Å². The number of carbonyl (C=O) groups excluding carboxylic acids is 2. The maximum Gasteiger partial charge on any atom is 0.407 e. The van der Waals surface area contributed by atoms with Gasteiger partial charge in [-0.25, -0.2) is 4.79 Å². The molecule has 0 unspecified atom stereocenters. The minimum Gasteiger partial charge on any atom is -0.444 e. The van der Waals surface area contributed by atoms with Crippen LogP contribution in [0, 0.1) is 11.8 Å². The van der Waals surface area contributed by atoms with Crippen molar-refractivity contribution in [2.45, 2.75) is 53.1 Å². The fourth-order valence-corrected chi connectivity index (χ4v) is 1.99. The number of nitrogens with one attached hydrogen (secondary N) is 2. The van der Waals surface area contributed by atoms with Gasteiger partial charge in [-0.2, -0.15) is 0 Å². The molecule has 0 spiro atoms. The van der Waals surface area contributed by atoms with Gasteiger partial charge in [-0.15, -0.1) is 0 Å². The molecule has 21 heavy (non-hydrogen) atoms. The number of ether oxygens (including phenoxy) is 1. The van der Waals surface area contributed by atoms with E-state index in [4.69, 9.17) is 10.5 Å². The van der Waals surface area contributed by atoms with Gasteiger partial charge in [-0.1, -0.05) is 13.8 Å². The molecule has 0 saturated carbocycles. The van der Waals surface area contributed by atoms with Crippen molar-refractivity contribution in [2.75, 3.05) is 19.6 Å². The van der Waals surface area contributed by atoms with E-state index in [9.17, 15) is 9.59 Å². The Hall–Kier alpha value is -1.30. The van der Waals surface area contributed by atoms with Gasteiger partial charge in [0.2, 0.25) is 5.91 Å². The molecule has 0 rings (SSSR count). The first-order valence-corrected chi connectivity index (χ1v) is 7.57. The number of hydrogen-bond acceptors (Lipinski definition) is 4. The van der Waals surface area contributed by atoms with Crippen molar-refractivity contribution in [1.82, 2.24) is 10.6 Å². The van der Waals surface area contributed by atoms with Crippen LogP contribution in [0.5, 0.6) is 0 Å². The number of rotatable bonds is 8. The molecule has 0 aliphatic carbocycles. The highest BCUT2D eigenvalue weighted by molar-refractivity contribution is 5.76. The summed E-state index contributed by atoms with van der Waals surface area (Å²) in [6, 6.07) is 0. The van der Waals surface area contributed by atoms with Gasteiger partial charge < -0.3 is 21.1 Å². The fourth-order valence-electron chi connectivity index (χ4n) is 1.99. The molecular weight excluding hydrogens is 270 g/mol. The van der Waals surface area contributed by atoms with Gasteiger partial charge in [-0.05, 0) is 39.0 Å². The van der Waals surface area contributed by atoms with Crippen molar-refractivity contribution in [3.8, 4) is 0 Å². The smallest absolute Gasteiger partial charge is 0.407 e. The number of alkyl carbamates (subject to hydrolysis) is 1. The maximum absolute atomic E-state index is 11.8. The quantitative estimate of drug-likeness (QED) is 0.635. The van der Waals surface area contributed by atoms with Crippen LogP contribution >= 0.6 is 0 Å². The maximum atomic E-state index is 11.8. The number of carbonyl (C=O) groups is 2. The van der Waals surface area contributed by atoms with Gasteiger partial charge in [-0.3, -0.25) is 4.79 Å². The molecule has 0 aromatic carbocycles. The summed E-state index contributed by atoms with van der Waals surface area (Å²) in [4.78, 5) is 23.4. The van der Waals surface area contributed by atoms with Gasteiger partial charge in [0.1, 0.15) is 5.60 Å². The summed E-state index contributed by atoms with van der Waals surface area (Å²) in [5.74, 6) is 0.519. The molecule has 2 amide bonds. The standard InChI is InChI=1S/C15H31N3O3/c1-11(2)8-12(9-13(19)17-7-6-16)10-18-14(20)21-15(3,4)5/h11-12H,6-10,16H2,1-5H3,(H,17,19)(H,18,20)/t12-/m0/s1. The summed E-state index contributed by atoms with van der Waals surface area (Å²) in [6.45, 7) is 11.0. The Morgan fingerprint density at radius 1 is 1.19 bits per heavy atom. The highest BCUT2D eigenvalue weighted by Crippen LogP contribution is 2.15. The SMILES string of the molecule is CC(C)C[C@H](CNC(=O)OC(C)(C)C)CC(=O)NCCN. The molecule has 6 nitrogen and oxygen atoms in total. The molecule has 0 fully saturated rings. The Morgan fingerprint density at radius 3 is 2.29 bits per heavy atom. The summed E-state index contributed by atoms with van der Waals surface area (Å²) in [7, 11) is 0. The molecular formula is C15H31N3O3. The van der Waals surface area contributed by atoms with Gasteiger partial charge in [0.25, 0.3) is 0 Å². The van der Waals surface area contributed by atoms with Crippen molar-refractivity contribution in [3.63, 3.8) is 0 Å². The van der Waals surface area contributed by atoms with E-state index in [1.54, 1.807) is 0 Å². The molecule has 0 aromatic heterocycles. The van der Waals surface area contributed by atoms with Gasteiger partial charge in [0, 0.05) is 26.1 Å². The third-order valence-electron chi connectivity index (χ3n) is 2.68.